The van der Waals surface area contributed by atoms with Crippen LogP contribution in [-0.2, 0) is 0 Å². The Morgan fingerprint density at radius 2 is 2.11 bits per heavy atom. The van der Waals surface area contributed by atoms with E-state index in [1.54, 1.807) is 6.07 Å². The summed E-state index contributed by atoms with van der Waals surface area (Å²) in [6.45, 7) is 5.11. The van der Waals surface area contributed by atoms with Crippen molar-refractivity contribution < 1.29 is 4.92 Å². The van der Waals surface area contributed by atoms with Crippen LogP contribution in [0.4, 0.5) is 11.4 Å². The average molecular weight is 271 g/mol. The van der Waals surface area contributed by atoms with Crippen molar-refractivity contribution in [3.63, 3.8) is 0 Å². The second kappa shape index (κ2) is 7.21. The number of nitrogens with zero attached hydrogens (tertiary/aromatic N) is 1. The number of rotatable bonds is 7. The Hall–Kier alpha value is -1.29. The largest absolute Gasteiger partial charge is 0.379 e. The third-order valence-corrected chi connectivity index (χ3v) is 2.91. The van der Waals surface area contributed by atoms with Crippen LogP contribution in [0.1, 0.15) is 33.1 Å². The zero-order chi connectivity index (χ0) is 13.5. The molecule has 0 aliphatic heterocycles. The summed E-state index contributed by atoms with van der Waals surface area (Å²) in [6, 6.07) is 4.56. The van der Waals surface area contributed by atoms with E-state index in [0.29, 0.717) is 16.6 Å². The fourth-order valence-electron chi connectivity index (χ4n) is 1.71. The molecule has 0 unspecified atom stereocenters. The number of hydrogen-bond donors (Lipinski definition) is 1. The van der Waals surface area contributed by atoms with E-state index in [4.69, 9.17) is 11.6 Å². The lowest BCUT2D eigenvalue weighted by Gasteiger charge is -2.08. The molecule has 4 nitrogen and oxygen atoms in total. The normalized spacial score (nSPS) is 10.7. The smallest absolute Gasteiger partial charge is 0.292 e. The van der Waals surface area contributed by atoms with E-state index in [1.807, 2.05) is 0 Å². The predicted molar refractivity (Wildman–Crippen MR) is 75.3 cm³/mol. The maximum absolute atomic E-state index is 10.8. The van der Waals surface area contributed by atoms with Gasteiger partial charge in [0.05, 0.1) is 4.92 Å². The van der Waals surface area contributed by atoms with Crippen LogP contribution in [0.5, 0.6) is 0 Å². The summed E-state index contributed by atoms with van der Waals surface area (Å²) in [6.07, 6.45) is 3.31. The summed E-state index contributed by atoms with van der Waals surface area (Å²) in [4.78, 5) is 10.4. The van der Waals surface area contributed by atoms with E-state index in [9.17, 15) is 10.1 Å². The van der Waals surface area contributed by atoms with E-state index in [2.05, 4.69) is 19.2 Å². The SMILES string of the molecule is CC(C)CCCCNc1cc(Cl)ccc1[N+](=O)[O-]. The molecule has 0 amide bonds. The van der Waals surface area contributed by atoms with Gasteiger partial charge in [-0.05, 0) is 24.5 Å². The molecule has 1 rings (SSSR count). The average Bonchev–Trinajstić information content (AvgIpc) is 2.27. The lowest BCUT2D eigenvalue weighted by molar-refractivity contribution is -0.384. The molecule has 0 spiro atoms. The summed E-state index contributed by atoms with van der Waals surface area (Å²) < 4.78 is 0. The van der Waals surface area contributed by atoms with Gasteiger partial charge in [-0.1, -0.05) is 38.3 Å². The molecular weight excluding hydrogens is 252 g/mol. The Balaban J connectivity index is 2.50. The van der Waals surface area contributed by atoms with Gasteiger partial charge in [0.1, 0.15) is 5.69 Å². The first-order chi connectivity index (χ1) is 8.50. The highest BCUT2D eigenvalue weighted by atomic mass is 35.5. The first-order valence-corrected chi connectivity index (χ1v) is 6.56. The quantitative estimate of drug-likeness (QED) is 0.451. The number of anilines is 1. The van der Waals surface area contributed by atoms with Crippen LogP contribution in [0.3, 0.4) is 0 Å². The third kappa shape index (κ3) is 4.92. The Kier molecular flexibility index (Phi) is 5.92. The van der Waals surface area contributed by atoms with Crippen LogP contribution in [0.15, 0.2) is 18.2 Å². The molecule has 1 aromatic rings. The highest BCUT2D eigenvalue weighted by molar-refractivity contribution is 6.31. The van der Waals surface area contributed by atoms with Gasteiger partial charge < -0.3 is 5.32 Å². The number of benzene rings is 1. The van der Waals surface area contributed by atoms with Crippen molar-refractivity contribution in [3.8, 4) is 0 Å². The van der Waals surface area contributed by atoms with Gasteiger partial charge in [-0.25, -0.2) is 0 Å². The van der Waals surface area contributed by atoms with Crippen LogP contribution < -0.4 is 5.32 Å². The van der Waals surface area contributed by atoms with E-state index in [1.165, 1.54) is 18.6 Å². The lowest BCUT2D eigenvalue weighted by Crippen LogP contribution is -2.04. The Bertz CT molecular complexity index is 408. The Morgan fingerprint density at radius 1 is 1.39 bits per heavy atom. The predicted octanol–water partition coefficient (Wildman–Crippen LogP) is 4.49. The van der Waals surface area contributed by atoms with Crippen molar-refractivity contribution in [2.75, 3.05) is 11.9 Å². The number of unbranched alkanes of at least 4 members (excludes halogenated alkanes) is 1. The molecule has 0 radical (unpaired) electrons. The Morgan fingerprint density at radius 3 is 2.72 bits per heavy atom. The second-order valence-corrected chi connectivity index (χ2v) is 5.17. The lowest BCUT2D eigenvalue weighted by atomic mass is 10.1. The van der Waals surface area contributed by atoms with E-state index in [-0.39, 0.29) is 5.69 Å². The van der Waals surface area contributed by atoms with Crippen molar-refractivity contribution >= 4 is 23.0 Å². The minimum Gasteiger partial charge on any atom is -0.379 e. The maximum Gasteiger partial charge on any atom is 0.292 e. The van der Waals surface area contributed by atoms with Crippen LogP contribution in [0.2, 0.25) is 5.02 Å². The molecule has 0 atom stereocenters. The summed E-state index contributed by atoms with van der Waals surface area (Å²) in [5.41, 5.74) is 0.570. The molecule has 18 heavy (non-hydrogen) atoms. The van der Waals surface area contributed by atoms with Crippen LogP contribution in [-0.4, -0.2) is 11.5 Å². The first kappa shape index (κ1) is 14.8. The molecule has 100 valence electrons. The zero-order valence-electron chi connectivity index (χ0n) is 10.8. The van der Waals surface area contributed by atoms with Crippen molar-refractivity contribution in [3.05, 3.63) is 33.3 Å². The summed E-state index contributed by atoms with van der Waals surface area (Å²) in [5.74, 6) is 0.700. The summed E-state index contributed by atoms with van der Waals surface area (Å²) in [7, 11) is 0. The van der Waals surface area contributed by atoms with Crippen molar-refractivity contribution in [1.29, 1.82) is 0 Å². The zero-order valence-corrected chi connectivity index (χ0v) is 11.5. The van der Waals surface area contributed by atoms with Crippen molar-refractivity contribution in [1.82, 2.24) is 0 Å². The van der Waals surface area contributed by atoms with Gasteiger partial charge >= 0.3 is 0 Å². The fraction of sp³-hybridized carbons (Fsp3) is 0.538. The van der Waals surface area contributed by atoms with E-state index in [0.717, 1.165) is 19.4 Å². The highest BCUT2D eigenvalue weighted by Gasteiger charge is 2.13. The van der Waals surface area contributed by atoms with E-state index < -0.39 is 4.92 Å². The molecular formula is C13H19ClN2O2. The van der Waals surface area contributed by atoms with Gasteiger partial charge in [0.25, 0.3) is 5.69 Å². The number of nitro groups is 1. The molecule has 0 saturated carbocycles. The maximum atomic E-state index is 10.8. The molecule has 0 fully saturated rings. The van der Waals surface area contributed by atoms with Crippen molar-refractivity contribution in [2.24, 2.45) is 5.92 Å². The molecule has 1 N–H and O–H groups in total. The van der Waals surface area contributed by atoms with Gasteiger partial charge in [-0.2, -0.15) is 0 Å². The van der Waals surface area contributed by atoms with E-state index >= 15 is 0 Å². The molecule has 0 aliphatic carbocycles. The van der Waals surface area contributed by atoms with Gasteiger partial charge in [0.15, 0.2) is 0 Å². The molecule has 5 heteroatoms. The third-order valence-electron chi connectivity index (χ3n) is 2.68. The minimum absolute atomic E-state index is 0.0725. The number of nitrogens with one attached hydrogen (secondary N) is 1. The highest BCUT2D eigenvalue weighted by Crippen LogP contribution is 2.27. The second-order valence-electron chi connectivity index (χ2n) is 4.73. The Labute approximate surface area is 112 Å². The minimum atomic E-state index is -0.396. The van der Waals surface area contributed by atoms with Crippen LogP contribution in [0.25, 0.3) is 0 Å². The molecule has 0 aromatic heterocycles. The first-order valence-electron chi connectivity index (χ1n) is 6.18. The standard InChI is InChI=1S/C13H19ClN2O2/c1-10(2)5-3-4-8-15-12-9-11(14)6-7-13(12)16(17)18/h6-7,9-10,15H,3-5,8H2,1-2H3. The summed E-state index contributed by atoms with van der Waals surface area (Å²) in [5, 5.41) is 14.4. The molecule has 0 aliphatic rings. The fourth-order valence-corrected chi connectivity index (χ4v) is 1.88. The van der Waals surface area contributed by atoms with Crippen LogP contribution >= 0.6 is 11.6 Å². The number of nitro benzene ring substituents is 1. The summed E-state index contributed by atoms with van der Waals surface area (Å²) >= 11 is 5.84. The molecule has 0 bridgehead atoms. The van der Waals surface area contributed by atoms with Crippen LogP contribution in [0, 0.1) is 16.0 Å². The monoisotopic (exact) mass is 270 g/mol. The van der Waals surface area contributed by atoms with Gasteiger partial charge in [-0.3, -0.25) is 10.1 Å². The molecule has 0 heterocycles. The van der Waals surface area contributed by atoms with Gasteiger partial charge in [0.2, 0.25) is 0 Å². The number of halogens is 1. The van der Waals surface area contributed by atoms with Crippen molar-refractivity contribution in [2.45, 2.75) is 33.1 Å². The number of hydrogen-bond acceptors (Lipinski definition) is 3. The van der Waals surface area contributed by atoms with Gasteiger partial charge in [-0.15, -0.1) is 0 Å². The molecule has 0 saturated heterocycles. The molecule has 1 aromatic carbocycles. The topological polar surface area (TPSA) is 55.2 Å². The van der Waals surface area contributed by atoms with Gasteiger partial charge in [0, 0.05) is 17.6 Å².